The fourth-order valence-corrected chi connectivity index (χ4v) is 4.78. The van der Waals surface area contributed by atoms with Gasteiger partial charge < -0.3 is 19.4 Å². The van der Waals surface area contributed by atoms with Crippen molar-refractivity contribution in [2.75, 3.05) is 13.2 Å². The van der Waals surface area contributed by atoms with Crippen LogP contribution in [0, 0.1) is 0 Å². The molecule has 0 bridgehead atoms. The molecule has 0 saturated carbocycles. The summed E-state index contributed by atoms with van der Waals surface area (Å²) in [4.78, 5) is 6.79. The standard InChI is InChI=1S/C23H22BrN3O2S/c24-16-8-6-15(7-9-16)19-10-11-20(29-19)22-21(18-5-1-2-12-25-18)26-23(30)27(22)14-17-4-3-13-28-17/h1-2,5-12,17,21-22H,3-4,13-14H2,(H,26,30)/t17-,21+,22-/m0/s1. The summed E-state index contributed by atoms with van der Waals surface area (Å²) in [5, 5.41) is 4.19. The first-order valence-corrected chi connectivity index (χ1v) is 11.3. The molecule has 5 rings (SSSR count). The molecule has 30 heavy (non-hydrogen) atoms. The maximum Gasteiger partial charge on any atom is 0.170 e. The van der Waals surface area contributed by atoms with Crippen LogP contribution in [0.5, 0.6) is 0 Å². The smallest absolute Gasteiger partial charge is 0.170 e. The second-order valence-corrected chi connectivity index (χ2v) is 8.93. The second kappa shape index (κ2) is 8.49. The lowest BCUT2D eigenvalue weighted by Crippen LogP contribution is -2.36. The number of hydrogen-bond donors (Lipinski definition) is 1. The molecule has 2 aromatic heterocycles. The molecule has 7 heteroatoms. The average Bonchev–Trinajstić information content (AvgIpc) is 3.51. The summed E-state index contributed by atoms with van der Waals surface area (Å²) in [6.07, 6.45) is 4.16. The predicted molar refractivity (Wildman–Crippen MR) is 123 cm³/mol. The number of aromatic nitrogens is 1. The van der Waals surface area contributed by atoms with Crippen molar-refractivity contribution >= 4 is 33.3 Å². The van der Waals surface area contributed by atoms with Crippen molar-refractivity contribution in [1.82, 2.24) is 15.2 Å². The van der Waals surface area contributed by atoms with Crippen molar-refractivity contribution in [3.8, 4) is 11.3 Å². The van der Waals surface area contributed by atoms with Crippen molar-refractivity contribution in [3.63, 3.8) is 0 Å². The molecule has 2 aliphatic heterocycles. The number of pyridine rings is 1. The maximum atomic E-state index is 6.36. The lowest BCUT2D eigenvalue weighted by molar-refractivity contribution is 0.0818. The molecule has 0 radical (unpaired) electrons. The van der Waals surface area contributed by atoms with Gasteiger partial charge in [0, 0.05) is 29.4 Å². The highest BCUT2D eigenvalue weighted by Gasteiger charge is 2.42. The number of rotatable bonds is 5. The Morgan fingerprint density at radius 1 is 1.13 bits per heavy atom. The Kier molecular flexibility index (Phi) is 5.58. The summed E-state index contributed by atoms with van der Waals surface area (Å²) in [6, 6.07) is 18.0. The molecule has 3 atom stereocenters. The van der Waals surface area contributed by atoms with E-state index >= 15 is 0 Å². The summed E-state index contributed by atoms with van der Waals surface area (Å²) < 4.78 is 13.3. The monoisotopic (exact) mass is 483 g/mol. The molecular weight excluding hydrogens is 462 g/mol. The van der Waals surface area contributed by atoms with Crippen LogP contribution >= 0.6 is 28.1 Å². The first kappa shape index (κ1) is 19.7. The maximum absolute atomic E-state index is 6.36. The van der Waals surface area contributed by atoms with E-state index in [9.17, 15) is 0 Å². The van der Waals surface area contributed by atoms with E-state index in [1.165, 1.54) is 0 Å². The van der Waals surface area contributed by atoms with Gasteiger partial charge in [-0.1, -0.05) is 34.1 Å². The number of nitrogens with one attached hydrogen (secondary N) is 1. The molecule has 5 nitrogen and oxygen atoms in total. The molecule has 0 spiro atoms. The quantitative estimate of drug-likeness (QED) is 0.499. The Morgan fingerprint density at radius 3 is 2.73 bits per heavy atom. The Labute approximate surface area is 189 Å². The summed E-state index contributed by atoms with van der Waals surface area (Å²) in [6.45, 7) is 1.57. The molecule has 0 unspecified atom stereocenters. The SMILES string of the molecule is S=C1N[C@H](c2ccccn2)[C@H](c2ccc(-c3ccc(Br)cc3)o2)N1C[C@@H]1CCCO1. The summed E-state index contributed by atoms with van der Waals surface area (Å²) in [7, 11) is 0. The topological polar surface area (TPSA) is 50.5 Å². The summed E-state index contributed by atoms with van der Waals surface area (Å²) in [5.74, 6) is 1.71. The Morgan fingerprint density at radius 2 is 2.00 bits per heavy atom. The number of furan rings is 1. The molecule has 3 aromatic rings. The molecule has 2 aliphatic rings. The van der Waals surface area contributed by atoms with Crippen LogP contribution in [0.4, 0.5) is 0 Å². The van der Waals surface area contributed by atoms with E-state index in [1.54, 1.807) is 0 Å². The molecular formula is C23H22BrN3O2S. The van der Waals surface area contributed by atoms with Gasteiger partial charge in [-0.3, -0.25) is 4.98 Å². The third kappa shape index (κ3) is 3.89. The van der Waals surface area contributed by atoms with Crippen LogP contribution < -0.4 is 5.32 Å². The number of hydrogen-bond acceptors (Lipinski definition) is 4. The number of benzene rings is 1. The number of thiocarbonyl (C=S) groups is 1. The van der Waals surface area contributed by atoms with E-state index < -0.39 is 0 Å². The minimum absolute atomic E-state index is 0.0796. The Balaban J connectivity index is 1.50. The second-order valence-electron chi connectivity index (χ2n) is 7.62. The van der Waals surface area contributed by atoms with Crippen LogP contribution in [0.3, 0.4) is 0 Å². The fourth-order valence-electron chi connectivity index (χ4n) is 4.20. The summed E-state index contributed by atoms with van der Waals surface area (Å²) in [5.41, 5.74) is 1.99. The van der Waals surface area contributed by atoms with Gasteiger partial charge in [-0.25, -0.2) is 0 Å². The van der Waals surface area contributed by atoms with Gasteiger partial charge in [-0.2, -0.15) is 0 Å². The lowest BCUT2D eigenvalue weighted by Gasteiger charge is -2.28. The van der Waals surface area contributed by atoms with Crippen LogP contribution in [-0.4, -0.2) is 34.3 Å². The van der Waals surface area contributed by atoms with Gasteiger partial charge in [0.25, 0.3) is 0 Å². The zero-order valence-electron chi connectivity index (χ0n) is 16.3. The molecule has 4 heterocycles. The first-order valence-electron chi connectivity index (χ1n) is 10.1. The fraction of sp³-hybridized carbons (Fsp3) is 0.304. The molecule has 2 fully saturated rings. The van der Waals surface area contributed by atoms with Gasteiger partial charge in [-0.05, 0) is 61.5 Å². The van der Waals surface area contributed by atoms with Crippen LogP contribution in [0.2, 0.25) is 0 Å². The summed E-state index contributed by atoms with van der Waals surface area (Å²) >= 11 is 9.22. The lowest BCUT2D eigenvalue weighted by atomic mass is 10.0. The van der Waals surface area contributed by atoms with E-state index in [4.69, 9.17) is 21.4 Å². The minimum atomic E-state index is -0.0826. The molecule has 1 N–H and O–H groups in total. The number of nitrogens with zero attached hydrogens (tertiary/aromatic N) is 2. The van der Waals surface area contributed by atoms with Gasteiger partial charge in [0.1, 0.15) is 17.6 Å². The normalized spacial score (nSPS) is 23.7. The third-order valence-electron chi connectivity index (χ3n) is 5.67. The highest BCUT2D eigenvalue weighted by molar-refractivity contribution is 9.10. The van der Waals surface area contributed by atoms with Crippen LogP contribution in [0.15, 0.2) is 69.7 Å². The van der Waals surface area contributed by atoms with Crippen LogP contribution in [0.25, 0.3) is 11.3 Å². The van der Waals surface area contributed by atoms with Gasteiger partial charge in [-0.15, -0.1) is 0 Å². The van der Waals surface area contributed by atoms with E-state index in [1.807, 2.05) is 54.7 Å². The van der Waals surface area contributed by atoms with Crippen molar-refractivity contribution < 1.29 is 9.15 Å². The number of halogens is 1. The molecule has 2 saturated heterocycles. The first-order chi connectivity index (χ1) is 14.7. The molecule has 154 valence electrons. The molecule has 0 aliphatic carbocycles. The van der Waals surface area contributed by atoms with Gasteiger partial charge in [0.05, 0.1) is 17.8 Å². The van der Waals surface area contributed by atoms with Gasteiger partial charge in [0.15, 0.2) is 5.11 Å². The average molecular weight is 484 g/mol. The molecule has 0 amide bonds. The van der Waals surface area contributed by atoms with Crippen LogP contribution in [-0.2, 0) is 4.74 Å². The highest BCUT2D eigenvalue weighted by atomic mass is 79.9. The molecule has 1 aromatic carbocycles. The van der Waals surface area contributed by atoms with Crippen molar-refractivity contribution in [3.05, 3.63) is 76.7 Å². The van der Waals surface area contributed by atoms with E-state index in [-0.39, 0.29) is 18.2 Å². The third-order valence-corrected chi connectivity index (χ3v) is 6.55. The Bertz CT molecular complexity index is 1020. The van der Waals surface area contributed by atoms with Gasteiger partial charge in [0.2, 0.25) is 0 Å². The van der Waals surface area contributed by atoms with Crippen molar-refractivity contribution in [2.45, 2.75) is 31.0 Å². The zero-order chi connectivity index (χ0) is 20.5. The number of ether oxygens (including phenoxy) is 1. The van der Waals surface area contributed by atoms with E-state index in [0.29, 0.717) is 5.11 Å². The zero-order valence-corrected chi connectivity index (χ0v) is 18.7. The largest absolute Gasteiger partial charge is 0.459 e. The minimum Gasteiger partial charge on any atom is -0.459 e. The predicted octanol–water partition coefficient (Wildman–Crippen LogP) is 5.26. The van der Waals surface area contributed by atoms with E-state index in [2.05, 4.69) is 37.2 Å². The van der Waals surface area contributed by atoms with Crippen molar-refractivity contribution in [2.24, 2.45) is 0 Å². The van der Waals surface area contributed by atoms with Gasteiger partial charge >= 0.3 is 0 Å². The Hall–Kier alpha value is -2.22. The van der Waals surface area contributed by atoms with E-state index in [0.717, 1.165) is 53.2 Å². The van der Waals surface area contributed by atoms with Crippen LogP contribution in [0.1, 0.15) is 36.4 Å². The highest BCUT2D eigenvalue weighted by Crippen LogP contribution is 2.41. The van der Waals surface area contributed by atoms with Crippen molar-refractivity contribution in [1.29, 1.82) is 0 Å².